The predicted molar refractivity (Wildman–Crippen MR) is 64.3 cm³/mol. The van der Waals surface area contributed by atoms with Crippen molar-refractivity contribution in [2.75, 3.05) is 6.54 Å². The van der Waals surface area contributed by atoms with Gasteiger partial charge in [0.15, 0.2) is 0 Å². The van der Waals surface area contributed by atoms with Gasteiger partial charge >= 0.3 is 6.18 Å². The van der Waals surface area contributed by atoms with Gasteiger partial charge in [-0.1, -0.05) is 6.07 Å². The minimum absolute atomic E-state index is 0.0848. The first-order valence-electron chi connectivity index (χ1n) is 5.40. The van der Waals surface area contributed by atoms with Gasteiger partial charge in [0.2, 0.25) is 0 Å². The van der Waals surface area contributed by atoms with E-state index in [0.717, 1.165) is 16.1 Å². The highest BCUT2D eigenvalue weighted by molar-refractivity contribution is 7.13. The van der Waals surface area contributed by atoms with Gasteiger partial charge in [0, 0.05) is 18.7 Å². The summed E-state index contributed by atoms with van der Waals surface area (Å²) in [4.78, 5) is 1.03. The van der Waals surface area contributed by atoms with Gasteiger partial charge in [-0.15, -0.1) is 11.3 Å². The number of alkyl halides is 3. The van der Waals surface area contributed by atoms with Crippen molar-refractivity contribution in [2.24, 2.45) is 0 Å². The Morgan fingerprint density at radius 2 is 2.22 bits per heavy atom. The number of hydrogen-bond acceptors (Lipinski definition) is 3. The van der Waals surface area contributed by atoms with Crippen LogP contribution in [0.25, 0.3) is 10.6 Å². The molecule has 0 atom stereocenters. The number of nitrogens with zero attached hydrogens (tertiary/aromatic N) is 1. The predicted octanol–water partition coefficient (Wildman–Crippen LogP) is 3.18. The van der Waals surface area contributed by atoms with E-state index in [4.69, 9.17) is 0 Å². The van der Waals surface area contributed by atoms with E-state index in [1.165, 1.54) is 0 Å². The molecular formula is C11H12F3N3S. The van der Waals surface area contributed by atoms with Crippen LogP contribution in [0, 0.1) is 0 Å². The van der Waals surface area contributed by atoms with Crippen LogP contribution in [0.2, 0.25) is 0 Å². The maximum Gasteiger partial charge on any atom is 0.390 e. The third-order valence-electron chi connectivity index (χ3n) is 2.39. The minimum Gasteiger partial charge on any atom is -0.312 e. The lowest BCUT2D eigenvalue weighted by atomic mass is 10.2. The number of nitrogens with one attached hydrogen (secondary N) is 2. The Morgan fingerprint density at radius 3 is 2.89 bits per heavy atom. The first kappa shape index (κ1) is 13.1. The Balaban J connectivity index is 1.89. The number of H-pyrrole nitrogens is 1. The number of aromatic nitrogens is 2. The molecule has 2 N–H and O–H groups in total. The molecular weight excluding hydrogens is 263 g/mol. The number of halogens is 3. The molecule has 0 aliphatic rings. The molecule has 0 spiro atoms. The van der Waals surface area contributed by atoms with Gasteiger partial charge in [0.1, 0.15) is 0 Å². The topological polar surface area (TPSA) is 40.7 Å². The van der Waals surface area contributed by atoms with Gasteiger partial charge in [-0.25, -0.2) is 0 Å². The van der Waals surface area contributed by atoms with Crippen molar-refractivity contribution in [1.82, 2.24) is 15.5 Å². The van der Waals surface area contributed by atoms with Crippen LogP contribution in [0.15, 0.2) is 23.7 Å². The Hall–Kier alpha value is -1.34. The third-order valence-corrected chi connectivity index (χ3v) is 3.27. The molecule has 0 radical (unpaired) electrons. The Morgan fingerprint density at radius 1 is 1.39 bits per heavy atom. The molecule has 2 aromatic rings. The van der Waals surface area contributed by atoms with Gasteiger partial charge in [-0.3, -0.25) is 5.10 Å². The van der Waals surface area contributed by atoms with Crippen molar-refractivity contribution in [3.63, 3.8) is 0 Å². The van der Waals surface area contributed by atoms with E-state index in [-0.39, 0.29) is 6.54 Å². The molecule has 0 saturated carbocycles. The van der Waals surface area contributed by atoms with Gasteiger partial charge in [0.25, 0.3) is 0 Å². The fourth-order valence-corrected chi connectivity index (χ4v) is 2.29. The molecule has 0 fully saturated rings. The standard InChI is InChI=1S/C11H12F3N3S/c12-11(13,14)3-4-15-6-8-7-16-17-10(8)9-2-1-5-18-9/h1-2,5,7,15H,3-4,6H2,(H,16,17). The third kappa shape index (κ3) is 3.58. The molecule has 0 aliphatic carbocycles. The summed E-state index contributed by atoms with van der Waals surface area (Å²) in [6, 6.07) is 3.86. The van der Waals surface area contributed by atoms with Crippen LogP contribution in [0.3, 0.4) is 0 Å². The largest absolute Gasteiger partial charge is 0.390 e. The lowest BCUT2D eigenvalue weighted by Gasteiger charge is -2.07. The maximum atomic E-state index is 12.0. The van der Waals surface area contributed by atoms with Crippen molar-refractivity contribution >= 4 is 11.3 Å². The zero-order chi connectivity index (χ0) is 13.0. The highest BCUT2D eigenvalue weighted by Crippen LogP contribution is 2.25. The van der Waals surface area contributed by atoms with Gasteiger partial charge in [-0.05, 0) is 11.4 Å². The second-order valence-corrected chi connectivity index (χ2v) is 4.74. The SMILES string of the molecule is FC(F)(F)CCNCc1cn[nH]c1-c1cccs1. The summed E-state index contributed by atoms with van der Waals surface area (Å²) in [6.45, 7) is 0.290. The average molecular weight is 275 g/mol. The van der Waals surface area contributed by atoms with E-state index in [1.54, 1.807) is 17.5 Å². The summed E-state index contributed by atoms with van der Waals surface area (Å²) in [7, 11) is 0. The van der Waals surface area contributed by atoms with Gasteiger partial charge in [-0.2, -0.15) is 18.3 Å². The molecule has 2 aromatic heterocycles. The molecule has 0 unspecified atom stereocenters. The molecule has 0 saturated heterocycles. The zero-order valence-corrected chi connectivity index (χ0v) is 10.2. The molecule has 7 heteroatoms. The first-order chi connectivity index (χ1) is 8.56. The Bertz CT molecular complexity index is 476. The molecule has 0 aromatic carbocycles. The van der Waals surface area contributed by atoms with Crippen molar-refractivity contribution in [3.8, 4) is 10.6 Å². The second kappa shape index (κ2) is 5.53. The van der Waals surface area contributed by atoms with Crippen molar-refractivity contribution in [2.45, 2.75) is 19.1 Å². The second-order valence-electron chi connectivity index (χ2n) is 3.79. The lowest BCUT2D eigenvalue weighted by Crippen LogP contribution is -2.21. The van der Waals surface area contributed by atoms with E-state index in [9.17, 15) is 13.2 Å². The Kier molecular flexibility index (Phi) is 4.03. The average Bonchev–Trinajstić information content (AvgIpc) is 2.93. The van der Waals surface area contributed by atoms with Crippen molar-refractivity contribution < 1.29 is 13.2 Å². The number of thiophene rings is 1. The van der Waals surface area contributed by atoms with Crippen LogP contribution in [0.4, 0.5) is 13.2 Å². The van der Waals surface area contributed by atoms with E-state index in [0.29, 0.717) is 6.54 Å². The van der Waals surface area contributed by atoms with Crippen LogP contribution < -0.4 is 5.32 Å². The van der Waals surface area contributed by atoms with Crippen LogP contribution >= 0.6 is 11.3 Å². The van der Waals surface area contributed by atoms with Crippen molar-refractivity contribution in [3.05, 3.63) is 29.3 Å². The molecule has 18 heavy (non-hydrogen) atoms. The van der Waals surface area contributed by atoms with Crippen LogP contribution in [-0.2, 0) is 6.54 Å². The summed E-state index contributed by atoms with van der Waals surface area (Å²) < 4.78 is 35.9. The van der Waals surface area contributed by atoms with Gasteiger partial charge < -0.3 is 5.32 Å². The van der Waals surface area contributed by atoms with Crippen LogP contribution in [0.1, 0.15) is 12.0 Å². The molecule has 0 aliphatic heterocycles. The smallest absolute Gasteiger partial charge is 0.312 e. The van der Waals surface area contributed by atoms with Crippen LogP contribution in [0.5, 0.6) is 0 Å². The first-order valence-corrected chi connectivity index (χ1v) is 6.28. The molecule has 2 rings (SSSR count). The van der Waals surface area contributed by atoms with Crippen molar-refractivity contribution in [1.29, 1.82) is 0 Å². The fourth-order valence-electron chi connectivity index (χ4n) is 1.53. The van der Waals surface area contributed by atoms with E-state index in [1.807, 2.05) is 17.5 Å². The highest BCUT2D eigenvalue weighted by atomic mass is 32.1. The molecule has 0 bridgehead atoms. The monoisotopic (exact) mass is 275 g/mol. The number of rotatable bonds is 5. The molecule has 0 amide bonds. The molecule has 3 nitrogen and oxygen atoms in total. The normalized spacial score (nSPS) is 11.9. The highest BCUT2D eigenvalue weighted by Gasteiger charge is 2.25. The van der Waals surface area contributed by atoms with E-state index < -0.39 is 12.6 Å². The summed E-state index contributed by atoms with van der Waals surface area (Å²) in [5.41, 5.74) is 1.74. The van der Waals surface area contributed by atoms with E-state index >= 15 is 0 Å². The maximum absolute atomic E-state index is 12.0. The quantitative estimate of drug-likeness (QED) is 0.823. The van der Waals surface area contributed by atoms with Gasteiger partial charge in [0.05, 0.1) is 23.2 Å². The molecule has 2 heterocycles. The fraction of sp³-hybridized carbons (Fsp3) is 0.364. The summed E-state index contributed by atoms with van der Waals surface area (Å²) in [6.07, 6.45) is -3.30. The molecule has 98 valence electrons. The zero-order valence-electron chi connectivity index (χ0n) is 9.42. The number of aromatic amines is 1. The number of hydrogen-bond donors (Lipinski definition) is 2. The lowest BCUT2D eigenvalue weighted by molar-refractivity contribution is -0.133. The minimum atomic E-state index is -4.11. The van der Waals surface area contributed by atoms with Crippen LogP contribution in [-0.4, -0.2) is 22.9 Å². The summed E-state index contributed by atoms with van der Waals surface area (Å²) in [5.74, 6) is 0. The van der Waals surface area contributed by atoms with E-state index in [2.05, 4.69) is 15.5 Å². The summed E-state index contributed by atoms with van der Waals surface area (Å²) in [5, 5.41) is 11.5. The Labute approximate surface area is 106 Å². The summed E-state index contributed by atoms with van der Waals surface area (Å²) >= 11 is 1.56.